The Balaban J connectivity index is 1.85. The van der Waals surface area contributed by atoms with E-state index < -0.39 is 0 Å². The Bertz CT molecular complexity index is 869. The third-order valence-electron chi connectivity index (χ3n) is 4.43. The second kappa shape index (κ2) is 5.88. The zero-order valence-corrected chi connectivity index (χ0v) is 14.8. The molecule has 0 spiro atoms. The summed E-state index contributed by atoms with van der Waals surface area (Å²) in [4.78, 5) is 14.2. The molecule has 0 saturated heterocycles. The first-order chi connectivity index (χ1) is 12.0. The minimum absolute atomic E-state index is 0.0371. The van der Waals surface area contributed by atoms with Crippen molar-refractivity contribution >= 4 is 23.0 Å². The van der Waals surface area contributed by atoms with Gasteiger partial charge in [0.15, 0.2) is 11.6 Å². The molecule has 0 aliphatic carbocycles. The van der Waals surface area contributed by atoms with Crippen LogP contribution in [0.15, 0.2) is 66.9 Å². The number of benzene rings is 2. The molecule has 126 valence electrons. The van der Waals surface area contributed by atoms with Crippen LogP contribution in [0.3, 0.4) is 0 Å². The smallest absolute Gasteiger partial charge is 0.178 e. The van der Waals surface area contributed by atoms with Crippen molar-refractivity contribution in [1.29, 1.82) is 0 Å². The van der Waals surface area contributed by atoms with Crippen molar-refractivity contribution in [2.24, 2.45) is 0 Å². The average molecular weight is 330 g/mol. The lowest BCUT2D eigenvalue weighted by Crippen LogP contribution is -2.24. The first-order valence-corrected chi connectivity index (χ1v) is 8.57. The SMILES string of the molecule is CC(C)(C)c1cnc2c(n1)N(c1ccccc1)CN2c1ccccc1. The lowest BCUT2D eigenvalue weighted by atomic mass is 9.93. The highest BCUT2D eigenvalue weighted by molar-refractivity contribution is 5.81. The van der Waals surface area contributed by atoms with E-state index in [2.05, 4.69) is 79.1 Å². The number of hydrogen-bond donors (Lipinski definition) is 0. The molecule has 0 unspecified atom stereocenters. The van der Waals surface area contributed by atoms with Crippen LogP contribution in [0.5, 0.6) is 0 Å². The molecule has 0 radical (unpaired) electrons. The van der Waals surface area contributed by atoms with Gasteiger partial charge in [-0.3, -0.25) is 0 Å². The minimum Gasteiger partial charge on any atom is -0.305 e. The molecule has 1 aromatic heterocycles. The van der Waals surface area contributed by atoms with Crippen LogP contribution in [0.4, 0.5) is 23.0 Å². The van der Waals surface area contributed by atoms with Crippen molar-refractivity contribution in [3.05, 3.63) is 72.6 Å². The molecule has 4 rings (SSSR count). The van der Waals surface area contributed by atoms with Gasteiger partial charge < -0.3 is 9.80 Å². The zero-order chi connectivity index (χ0) is 17.4. The van der Waals surface area contributed by atoms with Gasteiger partial charge in [-0.05, 0) is 24.3 Å². The van der Waals surface area contributed by atoms with Crippen LogP contribution in [0.25, 0.3) is 0 Å². The van der Waals surface area contributed by atoms with Crippen LogP contribution < -0.4 is 9.80 Å². The van der Waals surface area contributed by atoms with Crippen molar-refractivity contribution in [2.45, 2.75) is 26.2 Å². The second-order valence-electron chi connectivity index (χ2n) is 7.32. The number of nitrogens with zero attached hydrogens (tertiary/aromatic N) is 4. The molecule has 1 aliphatic heterocycles. The second-order valence-corrected chi connectivity index (χ2v) is 7.32. The lowest BCUT2D eigenvalue weighted by Gasteiger charge is -2.21. The Morgan fingerprint density at radius 3 is 1.80 bits per heavy atom. The summed E-state index contributed by atoms with van der Waals surface area (Å²) in [7, 11) is 0. The van der Waals surface area contributed by atoms with Gasteiger partial charge in [0.2, 0.25) is 0 Å². The fraction of sp³-hybridized carbons (Fsp3) is 0.238. The van der Waals surface area contributed by atoms with Crippen molar-refractivity contribution in [1.82, 2.24) is 9.97 Å². The molecule has 0 amide bonds. The van der Waals surface area contributed by atoms with Crippen LogP contribution >= 0.6 is 0 Å². The molecule has 0 N–H and O–H groups in total. The molecule has 0 fully saturated rings. The summed E-state index contributed by atoms with van der Waals surface area (Å²) in [6, 6.07) is 20.7. The predicted molar refractivity (Wildman–Crippen MR) is 103 cm³/mol. The van der Waals surface area contributed by atoms with Crippen LogP contribution in [0.2, 0.25) is 0 Å². The largest absolute Gasteiger partial charge is 0.305 e. The van der Waals surface area contributed by atoms with Gasteiger partial charge in [-0.1, -0.05) is 57.2 Å². The molecule has 1 aliphatic rings. The highest BCUT2D eigenvalue weighted by Gasteiger charge is 2.32. The van der Waals surface area contributed by atoms with E-state index in [1.54, 1.807) is 0 Å². The van der Waals surface area contributed by atoms with Crippen LogP contribution in [0, 0.1) is 0 Å². The normalized spacial score (nSPS) is 13.9. The van der Waals surface area contributed by atoms with E-state index in [9.17, 15) is 0 Å². The molecule has 0 atom stereocenters. The summed E-state index contributed by atoms with van der Waals surface area (Å²) in [5, 5.41) is 0. The maximum atomic E-state index is 4.98. The van der Waals surface area contributed by atoms with Gasteiger partial charge in [0.05, 0.1) is 11.9 Å². The first kappa shape index (κ1) is 15.6. The maximum Gasteiger partial charge on any atom is 0.178 e. The Kier molecular flexibility index (Phi) is 3.68. The quantitative estimate of drug-likeness (QED) is 0.660. The van der Waals surface area contributed by atoms with E-state index in [-0.39, 0.29) is 5.41 Å². The fourth-order valence-electron chi connectivity index (χ4n) is 3.00. The summed E-state index contributed by atoms with van der Waals surface area (Å²) in [6.45, 7) is 7.21. The fourth-order valence-corrected chi connectivity index (χ4v) is 3.00. The summed E-state index contributed by atoms with van der Waals surface area (Å²) in [6.07, 6.45) is 1.91. The number of rotatable bonds is 2. The average Bonchev–Trinajstić information content (AvgIpc) is 3.01. The van der Waals surface area contributed by atoms with Gasteiger partial charge in [0, 0.05) is 16.8 Å². The summed E-state index contributed by atoms with van der Waals surface area (Å²) >= 11 is 0. The van der Waals surface area contributed by atoms with E-state index >= 15 is 0 Å². The topological polar surface area (TPSA) is 32.3 Å². The van der Waals surface area contributed by atoms with Crippen LogP contribution in [-0.2, 0) is 5.41 Å². The van der Waals surface area contributed by atoms with E-state index in [1.807, 2.05) is 18.3 Å². The molecule has 2 heterocycles. The molecular formula is C21H22N4. The van der Waals surface area contributed by atoms with Gasteiger partial charge in [-0.15, -0.1) is 0 Å². The highest BCUT2D eigenvalue weighted by Crippen LogP contribution is 2.42. The number of fused-ring (bicyclic) bond motifs is 1. The molecular weight excluding hydrogens is 308 g/mol. The van der Waals surface area contributed by atoms with E-state index in [4.69, 9.17) is 9.97 Å². The summed E-state index contributed by atoms with van der Waals surface area (Å²) in [5.41, 5.74) is 3.22. The number of anilines is 4. The van der Waals surface area contributed by atoms with Gasteiger partial charge in [0.1, 0.15) is 6.67 Å². The Morgan fingerprint density at radius 2 is 1.28 bits per heavy atom. The Labute approximate surface area is 148 Å². The van der Waals surface area contributed by atoms with E-state index in [0.717, 1.165) is 28.7 Å². The Morgan fingerprint density at radius 1 is 0.760 bits per heavy atom. The van der Waals surface area contributed by atoms with Crippen molar-refractivity contribution in [3.8, 4) is 0 Å². The third kappa shape index (κ3) is 2.84. The number of para-hydroxylation sites is 2. The van der Waals surface area contributed by atoms with Crippen molar-refractivity contribution < 1.29 is 0 Å². The summed E-state index contributed by atoms with van der Waals surface area (Å²) < 4.78 is 0. The van der Waals surface area contributed by atoms with Gasteiger partial charge in [0.25, 0.3) is 0 Å². The highest BCUT2D eigenvalue weighted by atomic mass is 15.4. The van der Waals surface area contributed by atoms with Crippen molar-refractivity contribution in [2.75, 3.05) is 16.5 Å². The van der Waals surface area contributed by atoms with Crippen LogP contribution in [-0.4, -0.2) is 16.6 Å². The standard InChI is InChI=1S/C21H22N4/c1-21(2,3)18-14-22-19-20(23-18)25(17-12-8-5-9-13-17)15-24(19)16-10-6-4-7-11-16/h4-14H,15H2,1-3H3. The first-order valence-electron chi connectivity index (χ1n) is 8.57. The van der Waals surface area contributed by atoms with Gasteiger partial charge in [-0.2, -0.15) is 0 Å². The van der Waals surface area contributed by atoms with Crippen LogP contribution in [0.1, 0.15) is 26.5 Å². The molecule has 4 nitrogen and oxygen atoms in total. The number of hydrogen-bond acceptors (Lipinski definition) is 4. The maximum absolute atomic E-state index is 4.98. The molecule has 25 heavy (non-hydrogen) atoms. The zero-order valence-electron chi connectivity index (χ0n) is 14.8. The van der Waals surface area contributed by atoms with Crippen molar-refractivity contribution in [3.63, 3.8) is 0 Å². The Hall–Kier alpha value is -2.88. The molecule has 4 heteroatoms. The number of aromatic nitrogens is 2. The molecule has 3 aromatic rings. The van der Waals surface area contributed by atoms with Gasteiger partial charge >= 0.3 is 0 Å². The van der Waals surface area contributed by atoms with E-state index in [0.29, 0.717) is 6.67 Å². The van der Waals surface area contributed by atoms with Gasteiger partial charge in [-0.25, -0.2) is 9.97 Å². The summed E-state index contributed by atoms with van der Waals surface area (Å²) in [5.74, 6) is 1.82. The molecule has 2 aromatic carbocycles. The molecule has 0 saturated carbocycles. The van der Waals surface area contributed by atoms with E-state index in [1.165, 1.54) is 0 Å². The predicted octanol–water partition coefficient (Wildman–Crippen LogP) is 5.02. The molecule has 0 bridgehead atoms. The third-order valence-corrected chi connectivity index (χ3v) is 4.43. The lowest BCUT2D eigenvalue weighted by molar-refractivity contribution is 0.566. The minimum atomic E-state index is -0.0371. The monoisotopic (exact) mass is 330 g/mol.